The molecular weight excluding hydrogens is 668 g/mol. The molecule has 2 aliphatic rings. The number of methoxy groups -OCH3 is 1. The first kappa shape index (κ1) is 39.2. The molecule has 0 aromatic heterocycles. The van der Waals surface area contributed by atoms with Crippen molar-refractivity contribution < 1.29 is 66.6 Å². The van der Waals surface area contributed by atoms with Crippen molar-refractivity contribution in [3.63, 3.8) is 0 Å². The highest BCUT2D eigenvalue weighted by Gasteiger charge is 2.56. The van der Waals surface area contributed by atoms with E-state index in [4.69, 9.17) is 42.6 Å². The normalized spacial score (nSPS) is 23.9. The topological polar surface area (TPSA) is 168 Å². The maximum atomic E-state index is 13.4. The Morgan fingerprint density at radius 2 is 1.39 bits per heavy atom. The monoisotopic (exact) mass is 712 g/mol. The molecule has 14 heteroatoms. The summed E-state index contributed by atoms with van der Waals surface area (Å²) >= 11 is 0. The lowest BCUT2D eigenvalue weighted by Crippen LogP contribution is -2.58. The van der Waals surface area contributed by atoms with Gasteiger partial charge in [-0.05, 0) is 29.3 Å². The van der Waals surface area contributed by atoms with Gasteiger partial charge >= 0.3 is 29.7 Å². The van der Waals surface area contributed by atoms with Gasteiger partial charge in [-0.3, -0.25) is 24.0 Å². The maximum Gasteiger partial charge on any atom is 0.315 e. The number of benzene rings is 2. The minimum Gasteiger partial charge on any atom is -0.497 e. The summed E-state index contributed by atoms with van der Waals surface area (Å²) in [7, 11) is 1.56. The van der Waals surface area contributed by atoms with E-state index in [0.717, 1.165) is 25.0 Å². The third kappa shape index (κ3) is 11.2. The van der Waals surface area contributed by atoms with Crippen molar-refractivity contribution in [2.24, 2.45) is 0 Å². The second kappa shape index (κ2) is 18.6. The summed E-state index contributed by atoms with van der Waals surface area (Å²) in [6, 6.07) is 16.6. The number of ketones is 1. The van der Waals surface area contributed by atoms with Crippen LogP contribution in [-0.2, 0) is 75.1 Å². The van der Waals surface area contributed by atoms with E-state index in [2.05, 4.69) is 0 Å². The average molecular weight is 713 g/mol. The standard InChI is InChI=1S/C37H44O14/c1-23(38)44-22-30(48-24(2)39)18-31-35(45-20-27-10-7-6-8-11-27)36(46-21-28-13-15-29(43-5)16-14-28)32(50-31)19-34(49-25(3)40)37(51-26(4)41)33(42)12-9-17-47-37/h6-16,30-32,34-36H,17-22H2,1-5H3/t30?,31-,32-,34?,35+,36-,37+/m1/s1. The zero-order valence-corrected chi connectivity index (χ0v) is 29.3. The van der Waals surface area contributed by atoms with E-state index in [1.54, 1.807) is 19.2 Å². The van der Waals surface area contributed by atoms with Gasteiger partial charge in [-0.2, -0.15) is 0 Å². The largest absolute Gasteiger partial charge is 0.497 e. The molecule has 0 spiro atoms. The van der Waals surface area contributed by atoms with E-state index in [-0.39, 0.29) is 39.3 Å². The third-order valence-electron chi connectivity index (χ3n) is 8.07. The van der Waals surface area contributed by atoms with Crippen molar-refractivity contribution in [1.82, 2.24) is 0 Å². The fraction of sp³-hybridized carbons (Fsp3) is 0.486. The quantitative estimate of drug-likeness (QED) is 0.172. The molecule has 0 N–H and O–H groups in total. The molecule has 2 heterocycles. The van der Waals surface area contributed by atoms with Crippen molar-refractivity contribution in [1.29, 1.82) is 0 Å². The van der Waals surface area contributed by atoms with Crippen LogP contribution in [0.2, 0.25) is 0 Å². The first-order valence-electron chi connectivity index (χ1n) is 16.5. The minimum absolute atomic E-state index is 0.0106. The van der Waals surface area contributed by atoms with Gasteiger partial charge in [0.1, 0.15) is 30.7 Å². The Kier molecular flexibility index (Phi) is 14.3. The van der Waals surface area contributed by atoms with Gasteiger partial charge in [-0.15, -0.1) is 0 Å². The molecule has 7 atom stereocenters. The summed E-state index contributed by atoms with van der Waals surface area (Å²) in [5, 5.41) is 0. The number of carbonyl (C=O) groups is 5. The summed E-state index contributed by atoms with van der Waals surface area (Å²) in [6.45, 7) is 4.59. The van der Waals surface area contributed by atoms with Crippen molar-refractivity contribution in [3.05, 3.63) is 77.9 Å². The Morgan fingerprint density at radius 3 is 1.94 bits per heavy atom. The molecule has 2 aromatic carbocycles. The van der Waals surface area contributed by atoms with Crippen LogP contribution in [0.5, 0.6) is 5.75 Å². The molecule has 1 saturated heterocycles. The van der Waals surface area contributed by atoms with Crippen LogP contribution in [0.15, 0.2) is 66.7 Å². The van der Waals surface area contributed by atoms with Gasteiger partial charge in [0.15, 0.2) is 6.10 Å². The van der Waals surface area contributed by atoms with E-state index in [1.165, 1.54) is 26.0 Å². The van der Waals surface area contributed by atoms with Crippen molar-refractivity contribution in [3.8, 4) is 5.75 Å². The number of hydrogen-bond acceptors (Lipinski definition) is 14. The van der Waals surface area contributed by atoms with Crippen LogP contribution in [0.1, 0.15) is 51.7 Å². The second-order valence-electron chi connectivity index (χ2n) is 12.0. The van der Waals surface area contributed by atoms with Crippen LogP contribution in [0.4, 0.5) is 0 Å². The van der Waals surface area contributed by atoms with Crippen LogP contribution in [0.25, 0.3) is 0 Å². The van der Waals surface area contributed by atoms with Crippen LogP contribution >= 0.6 is 0 Å². The highest BCUT2D eigenvalue weighted by Crippen LogP contribution is 2.38. The van der Waals surface area contributed by atoms with Crippen LogP contribution < -0.4 is 4.74 Å². The first-order valence-corrected chi connectivity index (χ1v) is 16.5. The lowest BCUT2D eigenvalue weighted by atomic mass is 9.93. The van der Waals surface area contributed by atoms with Gasteiger partial charge in [0.05, 0.1) is 39.1 Å². The molecular formula is C37H44O14. The van der Waals surface area contributed by atoms with Crippen molar-refractivity contribution in [2.45, 2.75) is 96.2 Å². The molecule has 276 valence electrons. The fourth-order valence-electron chi connectivity index (χ4n) is 5.94. The Labute approximate surface area is 296 Å². The average Bonchev–Trinajstić information content (AvgIpc) is 3.40. The predicted octanol–water partition coefficient (Wildman–Crippen LogP) is 3.55. The minimum atomic E-state index is -2.30. The molecule has 4 rings (SSSR count). The molecule has 2 aromatic rings. The van der Waals surface area contributed by atoms with E-state index >= 15 is 0 Å². The molecule has 0 saturated carbocycles. The zero-order chi connectivity index (χ0) is 37.0. The molecule has 2 aliphatic heterocycles. The van der Waals surface area contributed by atoms with Gasteiger partial charge in [-0.1, -0.05) is 48.5 Å². The summed E-state index contributed by atoms with van der Waals surface area (Å²) < 4.78 is 52.5. The maximum absolute atomic E-state index is 13.4. The van der Waals surface area contributed by atoms with Crippen molar-refractivity contribution in [2.75, 3.05) is 20.3 Å². The van der Waals surface area contributed by atoms with Gasteiger partial charge < -0.3 is 42.6 Å². The van der Waals surface area contributed by atoms with Crippen LogP contribution in [0.3, 0.4) is 0 Å². The third-order valence-corrected chi connectivity index (χ3v) is 8.07. The SMILES string of the molecule is COc1ccc(CO[C@H]2[C@@H](OCc3ccccc3)[C@@H](CC(COC(C)=O)OC(C)=O)O[C@@H]2CC(OC(C)=O)[C@]2(OC(C)=O)OCC=CC2=O)cc1. The molecule has 14 nitrogen and oxygen atoms in total. The Morgan fingerprint density at radius 1 is 0.784 bits per heavy atom. The molecule has 51 heavy (non-hydrogen) atoms. The first-order chi connectivity index (χ1) is 24.4. The Balaban J connectivity index is 1.74. The van der Waals surface area contributed by atoms with E-state index in [1.807, 2.05) is 42.5 Å². The van der Waals surface area contributed by atoms with E-state index < -0.39 is 72.1 Å². The van der Waals surface area contributed by atoms with Crippen LogP contribution in [0, 0.1) is 0 Å². The molecule has 2 unspecified atom stereocenters. The summed E-state index contributed by atoms with van der Waals surface area (Å²) in [5.74, 6) is -5.17. The molecule has 0 amide bonds. The highest BCUT2D eigenvalue weighted by molar-refractivity contribution is 5.98. The molecule has 1 fully saturated rings. The second-order valence-corrected chi connectivity index (χ2v) is 12.0. The smallest absolute Gasteiger partial charge is 0.315 e. The Bertz CT molecular complexity index is 1520. The Hall–Kier alpha value is -4.63. The predicted molar refractivity (Wildman–Crippen MR) is 177 cm³/mol. The van der Waals surface area contributed by atoms with E-state index in [0.29, 0.717) is 5.75 Å². The van der Waals surface area contributed by atoms with Crippen molar-refractivity contribution >= 4 is 29.7 Å². The fourth-order valence-corrected chi connectivity index (χ4v) is 5.94. The molecule has 0 aliphatic carbocycles. The lowest BCUT2D eigenvalue weighted by Gasteiger charge is -2.39. The summed E-state index contributed by atoms with van der Waals surface area (Å²) in [6.07, 6.45) is -3.54. The lowest BCUT2D eigenvalue weighted by molar-refractivity contribution is -0.262. The number of carbonyl (C=O) groups excluding carboxylic acids is 5. The van der Waals surface area contributed by atoms with Gasteiger partial charge in [0.2, 0.25) is 5.78 Å². The van der Waals surface area contributed by atoms with Crippen LogP contribution in [-0.4, -0.2) is 92.4 Å². The summed E-state index contributed by atoms with van der Waals surface area (Å²) in [5.41, 5.74) is 1.64. The number of ether oxygens (including phenoxy) is 9. The van der Waals surface area contributed by atoms with Gasteiger partial charge in [0, 0.05) is 40.5 Å². The molecule has 0 radical (unpaired) electrons. The van der Waals surface area contributed by atoms with Gasteiger partial charge in [0.25, 0.3) is 0 Å². The highest BCUT2D eigenvalue weighted by atomic mass is 16.7. The number of esters is 4. The zero-order valence-electron chi connectivity index (χ0n) is 29.3. The summed E-state index contributed by atoms with van der Waals surface area (Å²) in [4.78, 5) is 61.9. The number of rotatable bonds is 17. The van der Waals surface area contributed by atoms with E-state index in [9.17, 15) is 24.0 Å². The van der Waals surface area contributed by atoms with Gasteiger partial charge in [-0.25, -0.2) is 0 Å². The number of hydrogen-bond donors (Lipinski definition) is 0. The molecule has 0 bridgehead atoms.